The number of nitriles is 1. The molecule has 0 aliphatic carbocycles. The Balaban J connectivity index is 1.24. The van der Waals surface area contributed by atoms with E-state index in [2.05, 4.69) is 40.4 Å². The number of fused-ring (bicyclic) bond motifs is 1. The Hall–Kier alpha value is -4.38. The number of carbonyl (C=O) groups excluding carboxylic acids is 1. The van der Waals surface area contributed by atoms with Crippen LogP contribution in [0.25, 0.3) is 16.6 Å². The number of carbonyl (C=O) groups is 1. The lowest BCUT2D eigenvalue weighted by atomic mass is 9.89. The van der Waals surface area contributed by atoms with E-state index in [9.17, 15) is 10.1 Å². The van der Waals surface area contributed by atoms with E-state index in [-0.39, 0.29) is 11.4 Å². The van der Waals surface area contributed by atoms with Crippen molar-refractivity contribution in [1.29, 1.82) is 5.26 Å². The van der Waals surface area contributed by atoms with Crippen LogP contribution in [-0.4, -0.2) is 45.7 Å². The van der Waals surface area contributed by atoms with E-state index in [0.29, 0.717) is 24.3 Å². The fourth-order valence-corrected chi connectivity index (χ4v) is 5.03. The largest absolute Gasteiger partial charge is 0.492 e. The quantitative estimate of drug-likeness (QED) is 0.368. The fourth-order valence-electron chi connectivity index (χ4n) is 5.03. The molecule has 8 nitrogen and oxygen atoms in total. The molecular formula is C30H32N6O2. The van der Waals surface area contributed by atoms with Crippen LogP contribution in [0.15, 0.2) is 67.1 Å². The molecule has 3 aromatic heterocycles. The number of piperidine rings is 1. The Labute approximate surface area is 222 Å². The van der Waals surface area contributed by atoms with E-state index in [1.54, 1.807) is 16.9 Å². The number of aromatic nitrogens is 3. The lowest BCUT2D eigenvalue weighted by molar-refractivity contribution is -0.123. The molecule has 1 aromatic carbocycles. The molecule has 38 heavy (non-hydrogen) atoms. The number of rotatable bonds is 8. The summed E-state index contributed by atoms with van der Waals surface area (Å²) in [6.07, 6.45) is 8.15. The monoisotopic (exact) mass is 508 g/mol. The van der Waals surface area contributed by atoms with Crippen molar-refractivity contribution in [1.82, 2.24) is 19.9 Å². The number of hydrogen-bond acceptors (Lipinski definition) is 6. The van der Waals surface area contributed by atoms with Crippen LogP contribution < -0.4 is 15.0 Å². The first-order valence-corrected chi connectivity index (χ1v) is 13.1. The summed E-state index contributed by atoms with van der Waals surface area (Å²) in [5, 5.41) is 17.2. The number of ether oxygens (including phenoxy) is 1. The summed E-state index contributed by atoms with van der Waals surface area (Å²) in [5.41, 5.74) is 3.96. The molecule has 1 aliphatic heterocycles. The Bertz CT molecular complexity index is 1450. The topological polar surface area (TPSA) is 95.5 Å². The molecule has 1 N–H and O–H groups in total. The van der Waals surface area contributed by atoms with Gasteiger partial charge in [0.2, 0.25) is 5.91 Å². The molecule has 0 spiro atoms. The first kappa shape index (κ1) is 25.3. The van der Waals surface area contributed by atoms with E-state index in [0.717, 1.165) is 54.8 Å². The second-order valence-electron chi connectivity index (χ2n) is 9.97. The molecule has 1 saturated heterocycles. The predicted molar refractivity (Wildman–Crippen MR) is 147 cm³/mol. The van der Waals surface area contributed by atoms with Gasteiger partial charge in [-0.1, -0.05) is 30.3 Å². The zero-order valence-corrected chi connectivity index (χ0v) is 21.9. The van der Waals surface area contributed by atoms with Crippen molar-refractivity contribution in [3.63, 3.8) is 0 Å². The van der Waals surface area contributed by atoms with E-state index < -0.39 is 0 Å². The summed E-state index contributed by atoms with van der Waals surface area (Å²) < 4.78 is 7.41. The van der Waals surface area contributed by atoms with Gasteiger partial charge in [0.05, 0.1) is 30.1 Å². The molecule has 8 heteroatoms. The molecule has 4 aromatic rings. The van der Waals surface area contributed by atoms with Crippen molar-refractivity contribution in [2.75, 3.05) is 24.6 Å². The third-order valence-electron chi connectivity index (χ3n) is 7.19. The van der Waals surface area contributed by atoms with Gasteiger partial charge in [0.25, 0.3) is 0 Å². The molecule has 1 amide bonds. The predicted octanol–water partition coefficient (Wildman–Crippen LogP) is 4.77. The highest BCUT2D eigenvalue weighted by Gasteiger charge is 2.31. The van der Waals surface area contributed by atoms with Crippen molar-refractivity contribution in [2.45, 2.75) is 45.1 Å². The minimum absolute atomic E-state index is 0.101. The van der Waals surface area contributed by atoms with Crippen molar-refractivity contribution in [3.05, 3.63) is 78.2 Å². The van der Waals surface area contributed by atoms with E-state index >= 15 is 0 Å². The maximum atomic E-state index is 12.6. The molecule has 0 atom stereocenters. The van der Waals surface area contributed by atoms with Crippen LogP contribution in [-0.2, 0) is 11.2 Å². The Morgan fingerprint density at radius 2 is 1.95 bits per heavy atom. The van der Waals surface area contributed by atoms with Gasteiger partial charge >= 0.3 is 0 Å². The highest BCUT2D eigenvalue weighted by molar-refractivity contribution is 5.85. The normalized spacial score (nSPS) is 14.7. The number of benzene rings is 1. The van der Waals surface area contributed by atoms with Crippen LogP contribution in [0.5, 0.6) is 5.75 Å². The van der Waals surface area contributed by atoms with Crippen LogP contribution in [0.3, 0.4) is 0 Å². The highest BCUT2D eigenvalue weighted by Crippen LogP contribution is 2.32. The van der Waals surface area contributed by atoms with Gasteiger partial charge in [-0.25, -0.2) is 9.50 Å². The minimum atomic E-state index is -0.217. The second kappa shape index (κ2) is 10.9. The van der Waals surface area contributed by atoms with Gasteiger partial charge in [0, 0.05) is 42.4 Å². The van der Waals surface area contributed by atoms with Crippen molar-refractivity contribution < 1.29 is 9.53 Å². The molecule has 194 valence electrons. The zero-order chi connectivity index (χ0) is 26.5. The summed E-state index contributed by atoms with van der Waals surface area (Å²) in [4.78, 5) is 19.6. The average Bonchev–Trinajstić information content (AvgIpc) is 3.36. The minimum Gasteiger partial charge on any atom is -0.492 e. The van der Waals surface area contributed by atoms with Crippen molar-refractivity contribution in [3.8, 4) is 22.9 Å². The molecular weight excluding hydrogens is 476 g/mol. The van der Waals surface area contributed by atoms with E-state index in [1.165, 1.54) is 5.56 Å². The smallest absolute Gasteiger partial charge is 0.220 e. The zero-order valence-electron chi connectivity index (χ0n) is 21.9. The van der Waals surface area contributed by atoms with Gasteiger partial charge in [0.15, 0.2) is 0 Å². The maximum Gasteiger partial charge on any atom is 0.220 e. The summed E-state index contributed by atoms with van der Waals surface area (Å²) >= 11 is 0. The number of pyridine rings is 2. The SMILES string of the molecule is CCOc1cc(-c2ccc(N3CCC(C)(NC(=O)CCc4ccccc4)CC3)nc2)c2c(C#N)cnn2c1. The Morgan fingerprint density at radius 3 is 2.63 bits per heavy atom. The Kier molecular flexibility index (Phi) is 7.27. The standard InChI is InChI=1S/C30H32N6O2/c1-3-38-25-17-26(29-24(18-31)20-33-36(29)21-25)23-10-11-27(32-19-23)35-15-13-30(2,14-16-35)34-28(37)12-9-22-7-5-4-6-8-22/h4-8,10-11,17,19-21H,3,9,12-16H2,1-2H3,(H,34,37). The molecule has 0 saturated carbocycles. The number of anilines is 1. The number of nitrogens with one attached hydrogen (secondary N) is 1. The Morgan fingerprint density at radius 1 is 1.16 bits per heavy atom. The van der Waals surface area contributed by atoms with Gasteiger partial charge in [-0.2, -0.15) is 10.4 Å². The fraction of sp³-hybridized carbons (Fsp3) is 0.333. The molecule has 0 unspecified atom stereocenters. The van der Waals surface area contributed by atoms with Gasteiger partial charge in [-0.05, 0) is 56.9 Å². The summed E-state index contributed by atoms with van der Waals surface area (Å²) in [6, 6.07) is 18.3. The molecule has 0 bridgehead atoms. The third kappa shape index (κ3) is 5.47. The second-order valence-corrected chi connectivity index (χ2v) is 9.97. The molecule has 5 rings (SSSR count). The van der Waals surface area contributed by atoms with Gasteiger partial charge in [0.1, 0.15) is 17.6 Å². The van der Waals surface area contributed by atoms with Crippen molar-refractivity contribution >= 4 is 17.2 Å². The van der Waals surface area contributed by atoms with Crippen LogP contribution in [0.4, 0.5) is 5.82 Å². The van der Waals surface area contributed by atoms with E-state index in [1.807, 2.05) is 49.5 Å². The highest BCUT2D eigenvalue weighted by atomic mass is 16.5. The first-order chi connectivity index (χ1) is 18.5. The van der Waals surface area contributed by atoms with Crippen LogP contribution in [0.2, 0.25) is 0 Å². The first-order valence-electron chi connectivity index (χ1n) is 13.1. The number of hydrogen-bond donors (Lipinski definition) is 1. The maximum absolute atomic E-state index is 12.6. The van der Waals surface area contributed by atoms with Crippen molar-refractivity contribution in [2.24, 2.45) is 0 Å². The summed E-state index contributed by atoms with van der Waals surface area (Å²) in [5.74, 6) is 1.69. The van der Waals surface area contributed by atoms with Gasteiger partial charge in [-0.15, -0.1) is 0 Å². The lowest BCUT2D eigenvalue weighted by Gasteiger charge is -2.40. The number of aryl methyl sites for hydroxylation is 1. The third-order valence-corrected chi connectivity index (χ3v) is 7.19. The molecule has 0 radical (unpaired) electrons. The number of amides is 1. The van der Waals surface area contributed by atoms with Gasteiger partial charge < -0.3 is 15.0 Å². The van der Waals surface area contributed by atoms with Crippen LogP contribution in [0.1, 0.15) is 44.2 Å². The summed E-state index contributed by atoms with van der Waals surface area (Å²) in [7, 11) is 0. The van der Waals surface area contributed by atoms with E-state index in [4.69, 9.17) is 9.72 Å². The van der Waals surface area contributed by atoms with Crippen LogP contribution >= 0.6 is 0 Å². The number of nitrogens with zero attached hydrogens (tertiary/aromatic N) is 5. The van der Waals surface area contributed by atoms with Crippen LogP contribution in [0, 0.1) is 11.3 Å². The average molecular weight is 509 g/mol. The van der Waals surface area contributed by atoms with Gasteiger partial charge in [-0.3, -0.25) is 4.79 Å². The lowest BCUT2D eigenvalue weighted by Crippen LogP contribution is -2.53. The molecule has 4 heterocycles. The molecule has 1 fully saturated rings. The summed E-state index contributed by atoms with van der Waals surface area (Å²) in [6.45, 7) is 6.23. The molecule has 1 aliphatic rings.